The van der Waals surface area contributed by atoms with Crippen molar-refractivity contribution >= 4 is 11.6 Å². The summed E-state index contributed by atoms with van der Waals surface area (Å²) in [7, 11) is 4.55. The number of nitrogens with one attached hydrogen (secondary N) is 1. The van der Waals surface area contributed by atoms with E-state index in [1.54, 1.807) is 54.7 Å². The highest BCUT2D eigenvalue weighted by Crippen LogP contribution is 2.40. The van der Waals surface area contributed by atoms with Crippen molar-refractivity contribution < 1.29 is 23.7 Å². The summed E-state index contributed by atoms with van der Waals surface area (Å²) >= 11 is 0. The summed E-state index contributed by atoms with van der Waals surface area (Å²) in [5.41, 5.74) is 0.942. The van der Waals surface area contributed by atoms with Gasteiger partial charge in [0.25, 0.3) is 5.91 Å². The number of anilines is 1. The standard InChI is InChI=1S/C21H20N2O5/c1-25-17-12-15(13-18(26-2)20(17)27-3)23-21(24)14-7-6-8-16(11-14)28-19-9-4-5-10-22-19/h4-13H,1-3H3,(H,23,24). The van der Waals surface area contributed by atoms with Crippen LogP contribution in [-0.2, 0) is 0 Å². The number of ether oxygens (including phenoxy) is 4. The SMILES string of the molecule is COc1cc(NC(=O)c2cccc(Oc3ccccn3)c2)cc(OC)c1OC. The zero-order valence-electron chi connectivity index (χ0n) is 15.8. The molecule has 0 unspecified atom stereocenters. The quantitative estimate of drug-likeness (QED) is 0.663. The predicted octanol–water partition coefficient (Wildman–Crippen LogP) is 4.15. The minimum Gasteiger partial charge on any atom is -0.493 e. The van der Waals surface area contributed by atoms with Crippen molar-refractivity contribution in [2.75, 3.05) is 26.6 Å². The van der Waals surface area contributed by atoms with Gasteiger partial charge in [0.1, 0.15) is 5.75 Å². The fourth-order valence-electron chi connectivity index (χ4n) is 2.59. The Labute approximate surface area is 162 Å². The van der Waals surface area contributed by atoms with Gasteiger partial charge in [-0.05, 0) is 24.3 Å². The van der Waals surface area contributed by atoms with Crippen molar-refractivity contribution in [3.63, 3.8) is 0 Å². The van der Waals surface area contributed by atoms with Gasteiger partial charge in [-0.3, -0.25) is 4.79 Å². The third-order valence-corrected chi connectivity index (χ3v) is 3.88. The van der Waals surface area contributed by atoms with E-state index in [1.165, 1.54) is 21.3 Å². The van der Waals surface area contributed by atoms with Crippen LogP contribution in [0.1, 0.15) is 10.4 Å². The van der Waals surface area contributed by atoms with Gasteiger partial charge in [0.15, 0.2) is 11.5 Å². The van der Waals surface area contributed by atoms with E-state index in [-0.39, 0.29) is 5.91 Å². The molecule has 0 saturated carbocycles. The Balaban J connectivity index is 1.81. The lowest BCUT2D eigenvalue weighted by atomic mass is 10.2. The Morgan fingerprint density at radius 3 is 2.25 bits per heavy atom. The molecule has 0 radical (unpaired) electrons. The molecule has 0 saturated heterocycles. The average Bonchev–Trinajstić information content (AvgIpc) is 2.73. The molecule has 3 rings (SSSR count). The number of rotatable bonds is 7. The van der Waals surface area contributed by atoms with Crippen LogP contribution < -0.4 is 24.3 Å². The fraction of sp³-hybridized carbons (Fsp3) is 0.143. The number of nitrogens with zero attached hydrogens (tertiary/aromatic N) is 1. The van der Waals surface area contributed by atoms with E-state index in [1.807, 2.05) is 6.07 Å². The Morgan fingerprint density at radius 1 is 0.893 bits per heavy atom. The Kier molecular flexibility index (Phi) is 5.96. The van der Waals surface area contributed by atoms with Crippen LogP contribution in [0.4, 0.5) is 5.69 Å². The molecule has 0 spiro atoms. The van der Waals surface area contributed by atoms with Crippen molar-refractivity contribution in [1.82, 2.24) is 4.98 Å². The third-order valence-electron chi connectivity index (χ3n) is 3.88. The third kappa shape index (κ3) is 4.32. The topological polar surface area (TPSA) is 78.9 Å². The van der Waals surface area contributed by atoms with Gasteiger partial charge in [-0.2, -0.15) is 0 Å². The molecule has 144 valence electrons. The van der Waals surface area contributed by atoms with Gasteiger partial charge >= 0.3 is 0 Å². The van der Waals surface area contributed by atoms with Crippen molar-refractivity contribution in [2.45, 2.75) is 0 Å². The number of amides is 1. The van der Waals surface area contributed by atoms with Crippen molar-refractivity contribution in [3.05, 3.63) is 66.4 Å². The number of carbonyl (C=O) groups is 1. The molecule has 28 heavy (non-hydrogen) atoms. The van der Waals surface area contributed by atoms with Crippen molar-refractivity contribution in [2.24, 2.45) is 0 Å². The first-order valence-corrected chi connectivity index (χ1v) is 8.45. The summed E-state index contributed by atoms with van der Waals surface area (Å²) < 4.78 is 21.6. The van der Waals surface area contributed by atoms with E-state index in [9.17, 15) is 4.79 Å². The Hall–Kier alpha value is -3.74. The zero-order chi connectivity index (χ0) is 19.9. The average molecular weight is 380 g/mol. The lowest BCUT2D eigenvalue weighted by Crippen LogP contribution is -2.12. The lowest BCUT2D eigenvalue weighted by Gasteiger charge is -2.14. The second kappa shape index (κ2) is 8.77. The molecule has 1 amide bonds. The minimum atomic E-state index is -0.305. The van der Waals surface area contributed by atoms with Gasteiger partial charge in [-0.15, -0.1) is 0 Å². The van der Waals surface area contributed by atoms with Gasteiger partial charge in [-0.25, -0.2) is 4.98 Å². The van der Waals surface area contributed by atoms with Gasteiger partial charge < -0.3 is 24.3 Å². The van der Waals surface area contributed by atoms with Crippen LogP contribution in [0.25, 0.3) is 0 Å². The Bertz CT molecular complexity index is 935. The monoisotopic (exact) mass is 380 g/mol. The van der Waals surface area contributed by atoms with Crippen molar-refractivity contribution in [1.29, 1.82) is 0 Å². The molecular weight excluding hydrogens is 360 g/mol. The summed E-state index contributed by atoms with van der Waals surface area (Å²) in [5, 5.41) is 2.82. The summed E-state index contributed by atoms with van der Waals surface area (Å²) in [6.45, 7) is 0. The molecule has 0 atom stereocenters. The zero-order valence-corrected chi connectivity index (χ0v) is 15.8. The molecule has 1 aromatic heterocycles. The fourth-order valence-corrected chi connectivity index (χ4v) is 2.59. The van der Waals surface area contributed by atoms with Crippen LogP contribution in [-0.4, -0.2) is 32.2 Å². The molecular formula is C21H20N2O5. The molecule has 0 bridgehead atoms. The second-order valence-corrected chi connectivity index (χ2v) is 5.67. The van der Waals surface area contributed by atoms with Gasteiger partial charge in [0.2, 0.25) is 11.6 Å². The normalized spacial score (nSPS) is 10.1. The minimum absolute atomic E-state index is 0.305. The first-order chi connectivity index (χ1) is 13.6. The number of pyridine rings is 1. The molecule has 0 fully saturated rings. The van der Waals surface area contributed by atoms with Crippen molar-refractivity contribution in [3.8, 4) is 28.9 Å². The van der Waals surface area contributed by atoms with E-state index >= 15 is 0 Å². The molecule has 2 aromatic carbocycles. The number of carbonyl (C=O) groups excluding carboxylic acids is 1. The summed E-state index contributed by atoms with van der Waals surface area (Å²) in [6.07, 6.45) is 1.64. The van der Waals surface area contributed by atoms with Crippen LogP contribution in [0.2, 0.25) is 0 Å². The van der Waals surface area contributed by atoms with E-state index in [0.717, 1.165) is 0 Å². The highest BCUT2D eigenvalue weighted by molar-refractivity contribution is 6.04. The van der Waals surface area contributed by atoms with Crippen LogP contribution in [0.5, 0.6) is 28.9 Å². The maximum absolute atomic E-state index is 12.7. The largest absolute Gasteiger partial charge is 0.493 e. The predicted molar refractivity (Wildman–Crippen MR) is 105 cm³/mol. The Morgan fingerprint density at radius 2 is 1.64 bits per heavy atom. The number of hydrogen-bond donors (Lipinski definition) is 1. The van der Waals surface area contributed by atoms with Crippen LogP contribution in [0, 0.1) is 0 Å². The molecule has 7 nitrogen and oxygen atoms in total. The maximum atomic E-state index is 12.7. The molecule has 7 heteroatoms. The highest BCUT2D eigenvalue weighted by atomic mass is 16.5. The number of methoxy groups -OCH3 is 3. The molecule has 1 heterocycles. The number of hydrogen-bond acceptors (Lipinski definition) is 6. The van der Waals surface area contributed by atoms with Gasteiger partial charge in [0, 0.05) is 35.6 Å². The first-order valence-electron chi connectivity index (χ1n) is 8.45. The molecule has 0 aliphatic heterocycles. The highest BCUT2D eigenvalue weighted by Gasteiger charge is 2.15. The maximum Gasteiger partial charge on any atom is 0.255 e. The summed E-state index contributed by atoms with van der Waals surface area (Å²) in [4.78, 5) is 16.8. The smallest absolute Gasteiger partial charge is 0.255 e. The van der Waals surface area contributed by atoms with Crippen LogP contribution >= 0.6 is 0 Å². The van der Waals surface area contributed by atoms with E-state index < -0.39 is 0 Å². The van der Waals surface area contributed by atoms with Gasteiger partial charge in [0.05, 0.1) is 21.3 Å². The number of aromatic nitrogens is 1. The van der Waals surface area contributed by atoms with E-state index in [2.05, 4.69) is 10.3 Å². The lowest BCUT2D eigenvalue weighted by molar-refractivity contribution is 0.102. The van der Waals surface area contributed by atoms with Crippen LogP contribution in [0.3, 0.4) is 0 Å². The molecule has 0 aliphatic rings. The van der Waals surface area contributed by atoms with Crippen LogP contribution in [0.15, 0.2) is 60.8 Å². The molecule has 1 N–H and O–H groups in total. The van der Waals surface area contributed by atoms with E-state index in [4.69, 9.17) is 18.9 Å². The summed E-state index contributed by atoms with van der Waals surface area (Å²) in [5.74, 6) is 2.00. The number of benzene rings is 2. The summed E-state index contributed by atoms with van der Waals surface area (Å²) in [6, 6.07) is 15.5. The first kappa shape index (κ1) is 19.0. The van der Waals surface area contributed by atoms with Gasteiger partial charge in [-0.1, -0.05) is 12.1 Å². The van der Waals surface area contributed by atoms with E-state index in [0.29, 0.717) is 40.1 Å². The molecule has 3 aromatic rings. The molecule has 0 aliphatic carbocycles. The second-order valence-electron chi connectivity index (χ2n) is 5.67.